The number of benzene rings is 1. The van der Waals surface area contributed by atoms with Gasteiger partial charge in [-0.25, -0.2) is 0 Å². The molecule has 0 bridgehead atoms. The van der Waals surface area contributed by atoms with Gasteiger partial charge in [-0.15, -0.1) is 22.7 Å². The number of nitrogens with zero attached hydrogens (tertiary/aromatic N) is 1. The van der Waals surface area contributed by atoms with E-state index in [1.165, 1.54) is 28.9 Å². The smallest absolute Gasteiger partial charge is 0.282 e. The molecule has 0 N–H and O–H groups in total. The molecular weight excluding hydrogens is 398 g/mol. The summed E-state index contributed by atoms with van der Waals surface area (Å²) in [5.74, 6) is 0. The Morgan fingerprint density at radius 2 is 1.76 bits per heavy atom. The molecule has 0 spiro atoms. The first kappa shape index (κ1) is 20.3. The van der Waals surface area contributed by atoms with Crippen molar-refractivity contribution >= 4 is 51.1 Å². The third-order valence-corrected chi connectivity index (χ3v) is 7.00. The van der Waals surface area contributed by atoms with Crippen molar-refractivity contribution in [2.24, 2.45) is 4.40 Å². The molecule has 1 aromatic carbocycles. The molecule has 9 heteroatoms. The van der Waals surface area contributed by atoms with Gasteiger partial charge in [0.05, 0.1) is 20.9 Å². The second-order valence-electron chi connectivity index (χ2n) is 4.95. The minimum Gasteiger partial charge on any atom is -0.348 e. The van der Waals surface area contributed by atoms with Gasteiger partial charge >= 0.3 is 0 Å². The number of hydrogen-bond donors (Lipinski definition) is 0. The number of aryl methyl sites for hydroxylation is 1. The van der Waals surface area contributed by atoms with Crippen LogP contribution < -0.4 is 0 Å². The largest absolute Gasteiger partial charge is 0.348 e. The summed E-state index contributed by atoms with van der Waals surface area (Å²) in [6.45, 7) is 6.57. The topological polar surface area (TPSA) is 65.0 Å². The van der Waals surface area contributed by atoms with Gasteiger partial charge in [-0.1, -0.05) is 29.9 Å². The second-order valence-corrected chi connectivity index (χ2v) is 9.87. The van der Waals surface area contributed by atoms with Gasteiger partial charge in [0.25, 0.3) is 10.0 Å². The number of sulfonamides is 1. The van der Waals surface area contributed by atoms with Crippen molar-refractivity contribution in [2.45, 2.75) is 32.0 Å². The van der Waals surface area contributed by atoms with Crippen molar-refractivity contribution in [3.05, 3.63) is 42.7 Å². The molecule has 25 heavy (non-hydrogen) atoms. The third-order valence-electron chi connectivity index (χ3n) is 3.11. The van der Waals surface area contributed by atoms with Crippen molar-refractivity contribution in [3.8, 4) is 0 Å². The summed E-state index contributed by atoms with van der Waals surface area (Å²) in [4.78, 5) is 1.53. The van der Waals surface area contributed by atoms with E-state index in [1.54, 1.807) is 24.3 Å². The average molecular weight is 418 g/mol. The Hall–Kier alpha value is -0.970. The van der Waals surface area contributed by atoms with Crippen LogP contribution in [0.15, 0.2) is 33.6 Å². The number of rotatable bonds is 8. The van der Waals surface area contributed by atoms with Crippen LogP contribution in [0.2, 0.25) is 0 Å². The van der Waals surface area contributed by atoms with Crippen molar-refractivity contribution in [1.29, 1.82) is 0 Å². The molecule has 0 fully saturated rings. The molecule has 0 radical (unpaired) electrons. The zero-order chi connectivity index (χ0) is 18.4. The van der Waals surface area contributed by atoms with E-state index in [-0.39, 0.29) is 4.90 Å². The molecular formula is C16H19NO4S4. The maximum atomic E-state index is 12.4. The lowest BCUT2D eigenvalue weighted by Crippen LogP contribution is -2.09. The highest BCUT2D eigenvalue weighted by atomic mass is 32.2. The van der Waals surface area contributed by atoms with E-state index in [9.17, 15) is 8.42 Å². The lowest BCUT2D eigenvalue weighted by atomic mass is 10.2. The normalized spacial score (nSPS) is 12.3. The van der Waals surface area contributed by atoms with Gasteiger partial charge in [0.1, 0.15) is 3.14 Å². The molecule has 0 aliphatic carbocycles. The van der Waals surface area contributed by atoms with Gasteiger partial charge in [0, 0.05) is 13.2 Å². The molecule has 0 saturated heterocycles. The Kier molecular flexibility index (Phi) is 7.41. The fraction of sp³-hybridized carbons (Fsp3) is 0.375. The fourth-order valence-electron chi connectivity index (χ4n) is 1.95. The lowest BCUT2D eigenvalue weighted by Gasteiger charge is -2.15. The highest BCUT2D eigenvalue weighted by Crippen LogP contribution is 2.32. The molecule has 2 aromatic rings. The van der Waals surface area contributed by atoms with Crippen LogP contribution in [-0.2, 0) is 19.5 Å². The average Bonchev–Trinajstić information content (AvgIpc) is 2.94. The minimum absolute atomic E-state index is 0.154. The Morgan fingerprint density at radius 3 is 2.32 bits per heavy atom. The first-order chi connectivity index (χ1) is 11.9. The fourth-order valence-corrected chi connectivity index (χ4v) is 5.40. The van der Waals surface area contributed by atoms with Crippen LogP contribution in [0.3, 0.4) is 0 Å². The number of ether oxygens (including phenoxy) is 2. The maximum absolute atomic E-state index is 12.4. The van der Waals surface area contributed by atoms with Crippen LogP contribution in [0, 0.1) is 10.1 Å². The summed E-state index contributed by atoms with van der Waals surface area (Å²) in [6.07, 6.45) is 0.753. The molecule has 1 heterocycles. The van der Waals surface area contributed by atoms with Gasteiger partial charge in [-0.3, -0.25) is 0 Å². The molecule has 2 rings (SSSR count). The summed E-state index contributed by atoms with van der Waals surface area (Å²) < 4.78 is 40.4. The lowest BCUT2D eigenvalue weighted by molar-refractivity contribution is -0.138. The van der Waals surface area contributed by atoms with E-state index < -0.39 is 16.3 Å². The van der Waals surface area contributed by atoms with Crippen molar-refractivity contribution in [3.63, 3.8) is 0 Å². The molecule has 0 aliphatic heterocycles. The Morgan fingerprint density at radius 1 is 1.16 bits per heavy atom. The Labute approximate surface area is 161 Å². The summed E-state index contributed by atoms with van der Waals surface area (Å²) >= 11 is 7.88. The van der Waals surface area contributed by atoms with Crippen molar-refractivity contribution in [1.82, 2.24) is 0 Å². The molecule has 0 saturated carbocycles. The van der Waals surface area contributed by atoms with Gasteiger partial charge in [0.2, 0.25) is 0 Å². The number of hydrogen-bond acceptors (Lipinski definition) is 7. The van der Waals surface area contributed by atoms with Gasteiger partial charge in [-0.05, 0) is 32.9 Å². The molecule has 0 atom stereocenters. The monoisotopic (exact) mass is 417 g/mol. The van der Waals surface area contributed by atoms with Gasteiger partial charge in [-0.2, -0.15) is 12.8 Å². The summed E-state index contributed by atoms with van der Waals surface area (Å²) in [6, 6.07) is 6.56. The van der Waals surface area contributed by atoms with E-state index in [1.807, 2.05) is 20.8 Å². The zero-order valence-electron chi connectivity index (χ0n) is 14.1. The molecule has 0 amide bonds. The highest BCUT2D eigenvalue weighted by molar-refractivity contribution is 7.90. The SMILES string of the molecule is CCOC(OCC)c1sc(=S)sc1/C=N/S(=O)(=O)c1ccc(C)cc1. The Balaban J connectivity index is 2.34. The molecule has 1 aromatic heterocycles. The van der Waals surface area contributed by atoms with Crippen LogP contribution in [0.4, 0.5) is 0 Å². The van der Waals surface area contributed by atoms with Crippen molar-refractivity contribution in [2.75, 3.05) is 13.2 Å². The molecule has 136 valence electrons. The maximum Gasteiger partial charge on any atom is 0.282 e. The second kappa shape index (κ2) is 9.11. The van der Waals surface area contributed by atoms with E-state index in [0.717, 1.165) is 10.4 Å². The molecule has 5 nitrogen and oxygen atoms in total. The van der Waals surface area contributed by atoms with E-state index in [0.29, 0.717) is 21.2 Å². The van der Waals surface area contributed by atoms with Crippen LogP contribution >= 0.6 is 34.9 Å². The Bertz CT molecular complexity index is 876. The summed E-state index contributed by atoms with van der Waals surface area (Å²) in [7, 11) is -3.77. The van der Waals surface area contributed by atoms with Crippen molar-refractivity contribution < 1.29 is 17.9 Å². The molecule has 0 aliphatic rings. The standard InChI is InChI=1S/C16H19NO4S4/c1-4-20-15(21-5-2)14-13(23-16(22)24-14)10-17-25(18,19)12-8-6-11(3)7-9-12/h6-10,15H,4-5H2,1-3H3/b17-10+. The first-order valence-electron chi connectivity index (χ1n) is 7.61. The molecule has 0 unspecified atom stereocenters. The highest BCUT2D eigenvalue weighted by Gasteiger charge is 2.19. The van der Waals surface area contributed by atoms with Crippen LogP contribution in [0.1, 0.15) is 35.5 Å². The first-order valence-corrected chi connectivity index (χ1v) is 11.1. The minimum atomic E-state index is -3.77. The summed E-state index contributed by atoms with van der Waals surface area (Å²) in [5.41, 5.74) is 0.984. The van der Waals surface area contributed by atoms with E-state index in [4.69, 9.17) is 21.7 Å². The van der Waals surface area contributed by atoms with Crippen LogP contribution in [0.25, 0.3) is 0 Å². The quantitative estimate of drug-likeness (QED) is 0.353. The summed E-state index contributed by atoms with van der Waals surface area (Å²) in [5, 5.41) is 0. The van der Waals surface area contributed by atoms with Gasteiger partial charge in [0.15, 0.2) is 6.29 Å². The predicted molar refractivity (Wildman–Crippen MR) is 105 cm³/mol. The zero-order valence-corrected chi connectivity index (χ0v) is 17.4. The van der Waals surface area contributed by atoms with E-state index in [2.05, 4.69) is 4.40 Å². The van der Waals surface area contributed by atoms with E-state index >= 15 is 0 Å². The predicted octanol–water partition coefficient (Wildman–Crippen LogP) is 4.73. The third kappa shape index (κ3) is 5.50. The van der Waals surface area contributed by atoms with Crippen LogP contribution in [-0.4, -0.2) is 27.8 Å². The van der Waals surface area contributed by atoms with Gasteiger partial charge < -0.3 is 9.47 Å². The van der Waals surface area contributed by atoms with Crippen LogP contribution in [0.5, 0.6) is 0 Å².